The molecule has 1 aliphatic heterocycles. The van der Waals surface area contributed by atoms with Gasteiger partial charge in [-0.1, -0.05) is 0 Å². The van der Waals surface area contributed by atoms with E-state index in [1.807, 2.05) is 0 Å². The minimum atomic E-state index is -1.49. The van der Waals surface area contributed by atoms with Crippen molar-refractivity contribution in [2.24, 2.45) is 0 Å². The number of alkyl carbamates (subject to hydrolysis) is 1. The summed E-state index contributed by atoms with van der Waals surface area (Å²) in [6.07, 6.45) is -1.89. The molecule has 0 saturated carbocycles. The number of aliphatic hydroxyl groups excluding tert-OH is 1. The molecular formula is C12H21NO6. The van der Waals surface area contributed by atoms with Crippen LogP contribution >= 0.6 is 0 Å². The van der Waals surface area contributed by atoms with E-state index in [0.29, 0.717) is 13.0 Å². The summed E-state index contributed by atoms with van der Waals surface area (Å²) in [5.41, 5.74) is -1.86. The number of ether oxygens (including phenoxy) is 3. The van der Waals surface area contributed by atoms with Crippen LogP contribution in [0.3, 0.4) is 0 Å². The Morgan fingerprint density at radius 3 is 2.47 bits per heavy atom. The van der Waals surface area contributed by atoms with Crippen molar-refractivity contribution in [3.8, 4) is 0 Å². The molecular weight excluding hydrogens is 254 g/mol. The maximum atomic E-state index is 11.8. The van der Waals surface area contributed by atoms with Crippen molar-refractivity contribution in [2.75, 3.05) is 20.3 Å². The fourth-order valence-electron chi connectivity index (χ4n) is 1.81. The average Bonchev–Trinajstić information content (AvgIpc) is 2.73. The van der Waals surface area contributed by atoms with Crippen LogP contribution in [0.4, 0.5) is 4.79 Å². The van der Waals surface area contributed by atoms with Gasteiger partial charge in [0.25, 0.3) is 0 Å². The maximum Gasteiger partial charge on any atom is 0.408 e. The molecule has 7 heteroatoms. The second-order valence-electron chi connectivity index (χ2n) is 5.51. The molecule has 1 amide bonds. The molecule has 110 valence electrons. The molecule has 0 aliphatic carbocycles. The van der Waals surface area contributed by atoms with E-state index in [0.717, 1.165) is 0 Å². The fourth-order valence-corrected chi connectivity index (χ4v) is 1.81. The topological polar surface area (TPSA) is 94.1 Å². The third kappa shape index (κ3) is 4.07. The molecule has 0 aromatic heterocycles. The Morgan fingerprint density at radius 1 is 1.42 bits per heavy atom. The normalized spacial score (nSPS) is 24.7. The van der Waals surface area contributed by atoms with Crippen molar-refractivity contribution in [3.05, 3.63) is 0 Å². The van der Waals surface area contributed by atoms with Gasteiger partial charge < -0.3 is 24.6 Å². The Hall–Kier alpha value is -1.34. The van der Waals surface area contributed by atoms with Crippen LogP contribution in [0.25, 0.3) is 0 Å². The van der Waals surface area contributed by atoms with Crippen molar-refractivity contribution >= 4 is 12.1 Å². The first kappa shape index (κ1) is 15.7. The third-order valence-electron chi connectivity index (χ3n) is 2.75. The number of hydrogen-bond donors (Lipinski definition) is 2. The summed E-state index contributed by atoms with van der Waals surface area (Å²) in [6.45, 7) is 5.54. The first-order valence-electron chi connectivity index (χ1n) is 6.05. The molecule has 1 heterocycles. The summed E-state index contributed by atoms with van der Waals surface area (Å²) < 4.78 is 14.8. The van der Waals surface area contributed by atoms with Gasteiger partial charge in [-0.25, -0.2) is 9.59 Å². The molecule has 1 rings (SSSR count). The van der Waals surface area contributed by atoms with E-state index in [1.54, 1.807) is 20.8 Å². The van der Waals surface area contributed by atoms with Crippen molar-refractivity contribution < 1.29 is 28.9 Å². The number of rotatable bonds is 3. The molecule has 19 heavy (non-hydrogen) atoms. The molecule has 0 radical (unpaired) electrons. The maximum absolute atomic E-state index is 11.8. The molecule has 2 unspecified atom stereocenters. The Bertz CT molecular complexity index is 343. The number of methoxy groups -OCH3 is 1. The highest BCUT2D eigenvalue weighted by atomic mass is 16.6. The number of nitrogens with one attached hydrogen (secondary N) is 1. The van der Waals surface area contributed by atoms with Gasteiger partial charge in [0.1, 0.15) is 11.1 Å². The minimum absolute atomic E-state index is 0.0303. The number of hydrogen-bond acceptors (Lipinski definition) is 6. The zero-order valence-electron chi connectivity index (χ0n) is 11.7. The van der Waals surface area contributed by atoms with E-state index in [9.17, 15) is 14.7 Å². The summed E-state index contributed by atoms with van der Waals surface area (Å²) in [5, 5.41) is 12.5. The van der Waals surface area contributed by atoms with Gasteiger partial charge in [0.15, 0.2) is 6.10 Å². The SMILES string of the molecule is COC(=O)C(O)C1(NC(=O)OC(C)(C)C)CCOC1. The molecule has 2 N–H and O–H groups in total. The monoisotopic (exact) mass is 275 g/mol. The first-order chi connectivity index (χ1) is 8.70. The molecule has 0 bridgehead atoms. The van der Waals surface area contributed by atoms with Crippen LogP contribution < -0.4 is 5.32 Å². The van der Waals surface area contributed by atoms with Crippen LogP contribution in [0.2, 0.25) is 0 Å². The lowest BCUT2D eigenvalue weighted by atomic mass is 9.91. The summed E-state index contributed by atoms with van der Waals surface area (Å²) in [4.78, 5) is 23.2. The lowest BCUT2D eigenvalue weighted by molar-refractivity contribution is -0.155. The van der Waals surface area contributed by atoms with E-state index in [4.69, 9.17) is 9.47 Å². The second kappa shape index (κ2) is 5.75. The van der Waals surface area contributed by atoms with E-state index >= 15 is 0 Å². The zero-order chi connectivity index (χ0) is 14.7. The lowest BCUT2D eigenvalue weighted by Gasteiger charge is -2.32. The summed E-state index contributed by atoms with van der Waals surface area (Å²) in [6, 6.07) is 0. The van der Waals surface area contributed by atoms with Gasteiger partial charge in [-0.15, -0.1) is 0 Å². The van der Waals surface area contributed by atoms with E-state index < -0.39 is 29.3 Å². The van der Waals surface area contributed by atoms with Crippen LogP contribution in [0, 0.1) is 0 Å². The smallest absolute Gasteiger partial charge is 0.408 e. The van der Waals surface area contributed by atoms with Crippen molar-refractivity contribution in [1.29, 1.82) is 0 Å². The Labute approximate surface area is 112 Å². The number of carbonyl (C=O) groups excluding carboxylic acids is 2. The highest BCUT2D eigenvalue weighted by Gasteiger charge is 2.48. The molecule has 0 aromatic rings. The second-order valence-corrected chi connectivity index (χ2v) is 5.51. The molecule has 1 saturated heterocycles. The van der Waals surface area contributed by atoms with Crippen LogP contribution in [-0.2, 0) is 19.0 Å². The molecule has 1 fully saturated rings. The van der Waals surface area contributed by atoms with Crippen molar-refractivity contribution in [2.45, 2.75) is 44.4 Å². The van der Waals surface area contributed by atoms with Gasteiger partial charge in [-0.2, -0.15) is 0 Å². The minimum Gasteiger partial charge on any atom is -0.467 e. The summed E-state index contributed by atoms with van der Waals surface area (Å²) >= 11 is 0. The fraction of sp³-hybridized carbons (Fsp3) is 0.833. The summed E-state index contributed by atoms with van der Waals surface area (Å²) in [7, 11) is 1.17. The van der Waals surface area contributed by atoms with Crippen LogP contribution in [0.1, 0.15) is 27.2 Å². The van der Waals surface area contributed by atoms with Gasteiger partial charge >= 0.3 is 12.1 Å². The van der Waals surface area contributed by atoms with E-state index in [-0.39, 0.29) is 6.61 Å². The van der Waals surface area contributed by atoms with Gasteiger partial charge in [0.2, 0.25) is 0 Å². The average molecular weight is 275 g/mol. The van der Waals surface area contributed by atoms with E-state index in [2.05, 4.69) is 10.1 Å². The zero-order valence-corrected chi connectivity index (χ0v) is 11.7. The largest absolute Gasteiger partial charge is 0.467 e. The van der Waals surface area contributed by atoms with Crippen molar-refractivity contribution in [1.82, 2.24) is 5.32 Å². The van der Waals surface area contributed by atoms with Crippen LogP contribution in [0.15, 0.2) is 0 Å². The summed E-state index contributed by atoms with van der Waals surface area (Å²) in [5.74, 6) is -0.818. The molecule has 0 spiro atoms. The van der Waals surface area contributed by atoms with E-state index in [1.165, 1.54) is 7.11 Å². The third-order valence-corrected chi connectivity index (χ3v) is 2.75. The molecule has 0 aromatic carbocycles. The Morgan fingerprint density at radius 2 is 2.05 bits per heavy atom. The highest BCUT2D eigenvalue weighted by molar-refractivity contribution is 5.78. The standard InChI is InChI=1S/C12H21NO6/c1-11(2,3)19-10(16)13-12(5-6-18-7-12)8(14)9(15)17-4/h8,14H,5-7H2,1-4H3,(H,13,16). The molecule has 7 nitrogen and oxygen atoms in total. The van der Waals surface area contributed by atoms with Gasteiger partial charge in [0.05, 0.1) is 13.7 Å². The predicted octanol–water partition coefficient (Wildman–Crippen LogP) is 0.204. The quantitative estimate of drug-likeness (QED) is 0.715. The predicted molar refractivity (Wildman–Crippen MR) is 65.6 cm³/mol. The number of amides is 1. The van der Waals surface area contributed by atoms with Gasteiger partial charge in [-0.3, -0.25) is 0 Å². The van der Waals surface area contributed by atoms with Crippen LogP contribution in [-0.4, -0.2) is 54.7 Å². The highest BCUT2D eigenvalue weighted by Crippen LogP contribution is 2.24. The molecule has 2 atom stereocenters. The Kier molecular flexibility index (Phi) is 4.75. The van der Waals surface area contributed by atoms with Gasteiger partial charge in [0, 0.05) is 6.61 Å². The number of carbonyl (C=O) groups is 2. The Balaban J connectivity index is 2.78. The van der Waals surface area contributed by atoms with Crippen molar-refractivity contribution in [3.63, 3.8) is 0 Å². The lowest BCUT2D eigenvalue weighted by Crippen LogP contribution is -2.60. The van der Waals surface area contributed by atoms with Gasteiger partial charge in [-0.05, 0) is 27.2 Å². The molecule has 1 aliphatic rings. The van der Waals surface area contributed by atoms with Crippen LogP contribution in [0.5, 0.6) is 0 Å². The number of esters is 1. The number of aliphatic hydroxyl groups is 1. The first-order valence-corrected chi connectivity index (χ1v) is 6.05.